The first-order valence-electron chi connectivity index (χ1n) is 7.37. The molecule has 3 rings (SSSR count). The molecule has 0 fully saturated rings. The third-order valence-corrected chi connectivity index (χ3v) is 3.98. The molecule has 0 radical (unpaired) electrons. The van der Waals surface area contributed by atoms with Gasteiger partial charge in [0.2, 0.25) is 5.91 Å². The van der Waals surface area contributed by atoms with Gasteiger partial charge in [0, 0.05) is 30.0 Å². The molecule has 5 heteroatoms. The summed E-state index contributed by atoms with van der Waals surface area (Å²) in [5, 5.41) is 8.24. The van der Waals surface area contributed by atoms with Crippen LogP contribution in [0.1, 0.15) is 22.4 Å². The Hall–Kier alpha value is -2.56. The van der Waals surface area contributed by atoms with E-state index in [2.05, 4.69) is 48.3 Å². The molecule has 1 aromatic carbocycles. The summed E-state index contributed by atoms with van der Waals surface area (Å²) in [6.07, 6.45) is 3.45. The Morgan fingerprint density at radius 2 is 2.14 bits per heavy atom. The summed E-state index contributed by atoms with van der Waals surface area (Å²) in [6, 6.07) is 6.11. The fourth-order valence-corrected chi connectivity index (χ4v) is 2.72. The predicted molar refractivity (Wildman–Crippen MR) is 86.6 cm³/mol. The third kappa shape index (κ3) is 2.74. The second-order valence-electron chi connectivity index (χ2n) is 5.70. The van der Waals surface area contributed by atoms with Crippen molar-refractivity contribution in [1.82, 2.24) is 20.1 Å². The maximum absolute atomic E-state index is 12.0. The van der Waals surface area contributed by atoms with Gasteiger partial charge in [0.05, 0.1) is 5.52 Å². The second-order valence-corrected chi connectivity index (χ2v) is 5.70. The Kier molecular flexibility index (Phi) is 3.71. The normalized spacial score (nSPS) is 11.0. The third-order valence-electron chi connectivity index (χ3n) is 3.98. The highest BCUT2D eigenvalue weighted by atomic mass is 16.2. The number of hydrogen-bond donors (Lipinski definition) is 2. The lowest BCUT2D eigenvalue weighted by atomic mass is 10.0. The molecular weight excluding hydrogens is 276 g/mol. The van der Waals surface area contributed by atoms with Crippen molar-refractivity contribution in [2.75, 3.05) is 0 Å². The number of hydrogen-bond acceptors (Lipinski definition) is 2. The number of nitrogens with zero attached hydrogens (tertiary/aromatic N) is 2. The van der Waals surface area contributed by atoms with Gasteiger partial charge in [-0.25, -0.2) is 0 Å². The molecule has 0 aliphatic rings. The number of nitrogens with one attached hydrogen (secondary N) is 2. The Bertz CT molecular complexity index is 815. The first-order chi connectivity index (χ1) is 10.5. The van der Waals surface area contributed by atoms with Crippen LogP contribution in [0.3, 0.4) is 0 Å². The molecule has 0 spiro atoms. The van der Waals surface area contributed by atoms with Gasteiger partial charge in [0.15, 0.2) is 0 Å². The van der Waals surface area contributed by atoms with Crippen LogP contribution in [0.25, 0.3) is 10.9 Å². The van der Waals surface area contributed by atoms with Crippen LogP contribution in [0.15, 0.2) is 30.6 Å². The standard InChI is InChI=1S/C17H20N4O/c1-11-7-14(17-15(8-11)12(2)13(3)20-17)9-18-16(22)10-21-6-4-5-19-21/h4-8,20H,9-10H2,1-3H3,(H,18,22). The highest BCUT2D eigenvalue weighted by Crippen LogP contribution is 2.25. The molecule has 5 nitrogen and oxygen atoms in total. The van der Waals surface area contributed by atoms with Gasteiger partial charge in [-0.3, -0.25) is 9.48 Å². The highest BCUT2D eigenvalue weighted by Gasteiger charge is 2.10. The molecule has 0 bridgehead atoms. The number of benzene rings is 1. The molecule has 1 amide bonds. The zero-order valence-electron chi connectivity index (χ0n) is 13.1. The molecule has 0 aliphatic carbocycles. The molecule has 2 aromatic heterocycles. The largest absolute Gasteiger partial charge is 0.358 e. The van der Waals surface area contributed by atoms with E-state index in [1.54, 1.807) is 17.1 Å². The zero-order chi connectivity index (χ0) is 15.7. The van der Waals surface area contributed by atoms with Crippen molar-refractivity contribution in [1.29, 1.82) is 0 Å². The average molecular weight is 296 g/mol. The summed E-state index contributed by atoms with van der Waals surface area (Å²) in [6.45, 7) is 7.02. The van der Waals surface area contributed by atoms with Crippen molar-refractivity contribution >= 4 is 16.8 Å². The molecular formula is C17H20N4O. The molecule has 0 saturated carbocycles. The number of amides is 1. The molecule has 114 valence electrons. The van der Waals surface area contributed by atoms with E-state index < -0.39 is 0 Å². The Balaban J connectivity index is 1.79. The number of aryl methyl sites for hydroxylation is 3. The number of aromatic amines is 1. The van der Waals surface area contributed by atoms with Gasteiger partial charge in [0.25, 0.3) is 0 Å². The summed E-state index contributed by atoms with van der Waals surface area (Å²) in [5.74, 6) is -0.0432. The molecule has 0 unspecified atom stereocenters. The van der Waals surface area contributed by atoms with Crippen molar-refractivity contribution in [3.8, 4) is 0 Å². The van der Waals surface area contributed by atoms with Crippen LogP contribution in [0.5, 0.6) is 0 Å². The SMILES string of the molecule is Cc1cc(CNC(=O)Cn2cccn2)c2[nH]c(C)c(C)c2c1. The smallest absolute Gasteiger partial charge is 0.241 e. The van der Waals surface area contributed by atoms with Crippen molar-refractivity contribution in [3.05, 3.63) is 53.0 Å². The number of carbonyl (C=O) groups is 1. The van der Waals surface area contributed by atoms with Gasteiger partial charge in [-0.1, -0.05) is 11.6 Å². The number of H-pyrrole nitrogens is 1. The van der Waals surface area contributed by atoms with Gasteiger partial charge in [-0.05, 0) is 44.0 Å². The van der Waals surface area contributed by atoms with Gasteiger partial charge in [0.1, 0.15) is 6.54 Å². The summed E-state index contributed by atoms with van der Waals surface area (Å²) >= 11 is 0. The van der Waals surface area contributed by atoms with Crippen molar-refractivity contribution in [2.45, 2.75) is 33.9 Å². The van der Waals surface area contributed by atoms with Crippen LogP contribution in [-0.2, 0) is 17.9 Å². The number of aromatic nitrogens is 3. The lowest BCUT2D eigenvalue weighted by Gasteiger charge is -2.08. The highest BCUT2D eigenvalue weighted by molar-refractivity contribution is 5.88. The fraction of sp³-hybridized carbons (Fsp3) is 0.294. The summed E-state index contributed by atoms with van der Waals surface area (Å²) in [7, 11) is 0. The predicted octanol–water partition coefficient (Wildman–Crippen LogP) is 2.61. The number of fused-ring (bicyclic) bond motifs is 1. The van der Waals surface area contributed by atoms with E-state index in [4.69, 9.17) is 0 Å². The van der Waals surface area contributed by atoms with Crippen LogP contribution in [0.4, 0.5) is 0 Å². The van der Waals surface area contributed by atoms with Gasteiger partial charge >= 0.3 is 0 Å². The quantitative estimate of drug-likeness (QED) is 0.777. The Labute approximate surface area is 129 Å². The van der Waals surface area contributed by atoms with E-state index in [-0.39, 0.29) is 12.5 Å². The minimum absolute atomic E-state index is 0.0432. The molecule has 3 aromatic rings. The van der Waals surface area contributed by atoms with Crippen LogP contribution < -0.4 is 5.32 Å². The Morgan fingerprint density at radius 1 is 1.32 bits per heavy atom. The minimum atomic E-state index is -0.0432. The van der Waals surface area contributed by atoms with Crippen molar-refractivity contribution in [2.24, 2.45) is 0 Å². The van der Waals surface area contributed by atoms with E-state index in [0.717, 1.165) is 11.1 Å². The lowest BCUT2D eigenvalue weighted by Crippen LogP contribution is -2.27. The number of carbonyl (C=O) groups excluding carboxylic acids is 1. The molecule has 0 saturated heterocycles. The maximum atomic E-state index is 12.0. The molecule has 0 atom stereocenters. The molecule has 2 N–H and O–H groups in total. The number of rotatable bonds is 4. The zero-order valence-corrected chi connectivity index (χ0v) is 13.1. The molecule has 22 heavy (non-hydrogen) atoms. The van der Waals surface area contributed by atoms with Crippen LogP contribution in [0.2, 0.25) is 0 Å². The molecule has 0 aliphatic heterocycles. The maximum Gasteiger partial charge on any atom is 0.241 e. The Morgan fingerprint density at radius 3 is 2.86 bits per heavy atom. The van der Waals surface area contributed by atoms with Gasteiger partial charge < -0.3 is 10.3 Å². The topological polar surface area (TPSA) is 62.7 Å². The fourth-order valence-electron chi connectivity index (χ4n) is 2.72. The summed E-state index contributed by atoms with van der Waals surface area (Å²) in [4.78, 5) is 15.4. The van der Waals surface area contributed by atoms with Crippen molar-refractivity contribution in [3.63, 3.8) is 0 Å². The van der Waals surface area contributed by atoms with Gasteiger partial charge in [-0.15, -0.1) is 0 Å². The monoisotopic (exact) mass is 296 g/mol. The van der Waals surface area contributed by atoms with Crippen LogP contribution in [-0.4, -0.2) is 20.7 Å². The first-order valence-corrected chi connectivity index (χ1v) is 7.37. The van der Waals surface area contributed by atoms with E-state index in [1.807, 2.05) is 6.07 Å². The summed E-state index contributed by atoms with van der Waals surface area (Å²) in [5.41, 5.74) is 5.86. The van der Waals surface area contributed by atoms with E-state index >= 15 is 0 Å². The second kappa shape index (κ2) is 5.67. The van der Waals surface area contributed by atoms with E-state index in [0.29, 0.717) is 6.54 Å². The van der Waals surface area contributed by atoms with E-state index in [9.17, 15) is 4.79 Å². The van der Waals surface area contributed by atoms with Gasteiger partial charge in [-0.2, -0.15) is 5.10 Å². The van der Waals surface area contributed by atoms with Crippen molar-refractivity contribution < 1.29 is 4.79 Å². The minimum Gasteiger partial charge on any atom is -0.358 e. The van der Waals surface area contributed by atoms with Crippen LogP contribution in [0, 0.1) is 20.8 Å². The lowest BCUT2D eigenvalue weighted by molar-refractivity contribution is -0.122. The first kappa shape index (κ1) is 14.4. The average Bonchev–Trinajstić information content (AvgIpc) is 3.07. The van der Waals surface area contributed by atoms with E-state index in [1.165, 1.54) is 22.2 Å². The molecule has 2 heterocycles. The summed E-state index contributed by atoms with van der Waals surface area (Å²) < 4.78 is 1.62. The van der Waals surface area contributed by atoms with Crippen LogP contribution >= 0.6 is 0 Å².